The van der Waals surface area contributed by atoms with E-state index in [1.165, 1.54) is 31.5 Å². The standard InChI is InChI=1S/C12H10F2N2O2/c1-18-12(17)10-6-15-11(16-10)5-7-8(13)3-2-4-9(7)14/h2-4,6H,5H2,1H3,(H,15,16). The lowest BCUT2D eigenvalue weighted by Crippen LogP contribution is -2.02. The zero-order valence-corrected chi connectivity index (χ0v) is 9.54. The number of imidazole rings is 1. The van der Waals surface area contributed by atoms with Gasteiger partial charge in [0.2, 0.25) is 0 Å². The second kappa shape index (κ2) is 4.95. The summed E-state index contributed by atoms with van der Waals surface area (Å²) in [4.78, 5) is 17.7. The van der Waals surface area contributed by atoms with Gasteiger partial charge < -0.3 is 9.72 Å². The largest absolute Gasteiger partial charge is 0.464 e. The molecule has 1 N–H and O–H groups in total. The van der Waals surface area contributed by atoms with Gasteiger partial charge in [0.25, 0.3) is 0 Å². The molecule has 0 atom stereocenters. The van der Waals surface area contributed by atoms with Crippen LogP contribution in [0, 0.1) is 11.6 Å². The van der Waals surface area contributed by atoms with Gasteiger partial charge in [0, 0.05) is 12.0 Å². The number of ether oxygens (including phenoxy) is 1. The molecule has 0 saturated carbocycles. The quantitative estimate of drug-likeness (QED) is 0.851. The summed E-state index contributed by atoms with van der Waals surface area (Å²) in [6, 6.07) is 3.63. The van der Waals surface area contributed by atoms with Crippen molar-refractivity contribution >= 4 is 5.97 Å². The average molecular weight is 252 g/mol. The Balaban J connectivity index is 2.24. The van der Waals surface area contributed by atoms with Crippen molar-refractivity contribution in [2.45, 2.75) is 6.42 Å². The van der Waals surface area contributed by atoms with Crippen molar-refractivity contribution in [1.29, 1.82) is 0 Å². The highest BCUT2D eigenvalue weighted by atomic mass is 19.1. The van der Waals surface area contributed by atoms with Crippen molar-refractivity contribution in [2.24, 2.45) is 0 Å². The van der Waals surface area contributed by atoms with Gasteiger partial charge in [-0.15, -0.1) is 0 Å². The minimum atomic E-state index is -0.647. The van der Waals surface area contributed by atoms with Crippen LogP contribution < -0.4 is 0 Å². The third-order valence-corrected chi connectivity index (χ3v) is 2.44. The maximum Gasteiger partial charge on any atom is 0.356 e. The lowest BCUT2D eigenvalue weighted by atomic mass is 10.1. The highest BCUT2D eigenvalue weighted by molar-refractivity contribution is 5.86. The Morgan fingerprint density at radius 3 is 2.67 bits per heavy atom. The molecule has 0 spiro atoms. The lowest BCUT2D eigenvalue weighted by molar-refractivity contribution is 0.0594. The SMILES string of the molecule is COC(=O)c1cnc(Cc2c(F)cccc2F)[nH]1. The smallest absolute Gasteiger partial charge is 0.356 e. The fourth-order valence-corrected chi connectivity index (χ4v) is 1.53. The number of hydrogen-bond acceptors (Lipinski definition) is 3. The number of benzene rings is 1. The van der Waals surface area contributed by atoms with E-state index < -0.39 is 17.6 Å². The number of aromatic nitrogens is 2. The number of carbonyl (C=O) groups excluding carboxylic acids is 1. The summed E-state index contributed by atoms with van der Waals surface area (Å²) in [6.45, 7) is 0. The minimum Gasteiger partial charge on any atom is -0.464 e. The van der Waals surface area contributed by atoms with Gasteiger partial charge in [-0.3, -0.25) is 0 Å². The zero-order valence-electron chi connectivity index (χ0n) is 9.54. The highest BCUT2D eigenvalue weighted by Crippen LogP contribution is 2.15. The summed E-state index contributed by atoms with van der Waals surface area (Å²) in [6.07, 6.45) is 1.20. The zero-order chi connectivity index (χ0) is 13.1. The second-order valence-corrected chi connectivity index (χ2v) is 3.61. The van der Waals surface area contributed by atoms with Gasteiger partial charge in [-0.05, 0) is 12.1 Å². The molecular weight excluding hydrogens is 242 g/mol. The number of carbonyl (C=O) groups is 1. The number of esters is 1. The van der Waals surface area contributed by atoms with E-state index in [0.717, 1.165) is 0 Å². The van der Waals surface area contributed by atoms with Gasteiger partial charge in [-0.25, -0.2) is 18.6 Å². The van der Waals surface area contributed by atoms with Gasteiger partial charge in [0.05, 0.1) is 13.3 Å². The average Bonchev–Trinajstić information content (AvgIpc) is 2.81. The minimum absolute atomic E-state index is 0.0600. The summed E-state index contributed by atoms with van der Waals surface area (Å²) in [5.74, 6) is -1.58. The predicted molar refractivity (Wildman–Crippen MR) is 59.1 cm³/mol. The molecule has 0 radical (unpaired) electrons. The van der Waals surface area contributed by atoms with Crippen LogP contribution in [0.15, 0.2) is 24.4 Å². The number of hydrogen-bond donors (Lipinski definition) is 1. The Morgan fingerprint density at radius 1 is 1.39 bits per heavy atom. The number of nitrogens with one attached hydrogen (secondary N) is 1. The van der Waals surface area contributed by atoms with E-state index >= 15 is 0 Å². The van der Waals surface area contributed by atoms with Crippen molar-refractivity contribution in [1.82, 2.24) is 9.97 Å². The van der Waals surface area contributed by atoms with Gasteiger partial charge in [-0.1, -0.05) is 6.07 Å². The molecule has 6 heteroatoms. The highest BCUT2D eigenvalue weighted by Gasteiger charge is 2.13. The topological polar surface area (TPSA) is 55.0 Å². The van der Waals surface area contributed by atoms with Gasteiger partial charge in [0.1, 0.15) is 23.2 Å². The summed E-state index contributed by atoms with van der Waals surface area (Å²) < 4.78 is 31.3. The van der Waals surface area contributed by atoms with Crippen LogP contribution in [0.3, 0.4) is 0 Å². The number of nitrogens with zero attached hydrogens (tertiary/aromatic N) is 1. The Bertz CT molecular complexity index is 561. The molecule has 2 aromatic rings. The molecule has 2 rings (SSSR count). The predicted octanol–water partition coefficient (Wildman–Crippen LogP) is 2.07. The number of methoxy groups -OCH3 is 1. The van der Waals surface area contributed by atoms with E-state index in [1.807, 2.05) is 0 Å². The molecular formula is C12H10F2N2O2. The van der Waals surface area contributed by atoms with E-state index in [1.54, 1.807) is 0 Å². The van der Waals surface area contributed by atoms with Crippen LogP contribution in [0.25, 0.3) is 0 Å². The van der Waals surface area contributed by atoms with Crippen molar-refractivity contribution in [2.75, 3.05) is 7.11 Å². The molecule has 1 aromatic carbocycles. The molecule has 0 unspecified atom stereocenters. The maximum atomic E-state index is 13.4. The van der Waals surface area contributed by atoms with Crippen LogP contribution in [0.2, 0.25) is 0 Å². The summed E-state index contributed by atoms with van der Waals surface area (Å²) in [5, 5.41) is 0. The van der Waals surface area contributed by atoms with Crippen LogP contribution in [-0.4, -0.2) is 23.0 Å². The van der Waals surface area contributed by atoms with Crippen LogP contribution in [0.5, 0.6) is 0 Å². The number of H-pyrrole nitrogens is 1. The monoisotopic (exact) mass is 252 g/mol. The summed E-state index contributed by atoms with van der Waals surface area (Å²) in [7, 11) is 1.24. The molecule has 0 aliphatic heterocycles. The van der Waals surface area contributed by atoms with E-state index in [2.05, 4.69) is 14.7 Å². The van der Waals surface area contributed by atoms with E-state index in [-0.39, 0.29) is 17.7 Å². The van der Waals surface area contributed by atoms with Crippen LogP contribution >= 0.6 is 0 Å². The molecule has 0 bridgehead atoms. The van der Waals surface area contributed by atoms with E-state index in [0.29, 0.717) is 5.82 Å². The molecule has 18 heavy (non-hydrogen) atoms. The first kappa shape index (κ1) is 12.2. The van der Waals surface area contributed by atoms with Crippen LogP contribution in [-0.2, 0) is 11.2 Å². The maximum absolute atomic E-state index is 13.4. The molecule has 0 saturated heterocycles. The van der Waals surface area contributed by atoms with Crippen molar-refractivity contribution in [3.8, 4) is 0 Å². The van der Waals surface area contributed by atoms with E-state index in [9.17, 15) is 13.6 Å². The van der Waals surface area contributed by atoms with E-state index in [4.69, 9.17) is 0 Å². The Hall–Kier alpha value is -2.24. The Kier molecular flexibility index (Phi) is 3.36. The molecule has 0 aliphatic rings. The Labute approximate surface area is 102 Å². The van der Waals surface area contributed by atoms with Gasteiger partial charge >= 0.3 is 5.97 Å². The molecule has 1 aromatic heterocycles. The summed E-state index contributed by atoms with van der Waals surface area (Å²) in [5.41, 5.74) is 0.0486. The molecule has 94 valence electrons. The number of halogens is 2. The fourth-order valence-electron chi connectivity index (χ4n) is 1.53. The van der Waals surface area contributed by atoms with Gasteiger partial charge in [0.15, 0.2) is 0 Å². The molecule has 0 aliphatic carbocycles. The van der Waals surface area contributed by atoms with Crippen molar-refractivity contribution in [3.05, 3.63) is 53.1 Å². The first-order valence-corrected chi connectivity index (χ1v) is 5.17. The fraction of sp³-hybridized carbons (Fsp3) is 0.167. The third kappa shape index (κ3) is 2.37. The first-order chi connectivity index (χ1) is 8.61. The summed E-state index contributed by atoms with van der Waals surface area (Å²) >= 11 is 0. The number of rotatable bonds is 3. The van der Waals surface area contributed by atoms with Crippen LogP contribution in [0.1, 0.15) is 21.9 Å². The normalized spacial score (nSPS) is 10.4. The Morgan fingerprint density at radius 2 is 2.06 bits per heavy atom. The third-order valence-electron chi connectivity index (χ3n) is 2.44. The first-order valence-electron chi connectivity index (χ1n) is 5.17. The molecule has 0 fully saturated rings. The molecule has 4 nitrogen and oxygen atoms in total. The molecule has 1 heterocycles. The second-order valence-electron chi connectivity index (χ2n) is 3.61. The van der Waals surface area contributed by atoms with Gasteiger partial charge in [-0.2, -0.15) is 0 Å². The molecule has 0 amide bonds. The van der Waals surface area contributed by atoms with Crippen molar-refractivity contribution < 1.29 is 18.3 Å². The van der Waals surface area contributed by atoms with Crippen LogP contribution in [0.4, 0.5) is 8.78 Å². The lowest BCUT2D eigenvalue weighted by Gasteiger charge is -2.02. The van der Waals surface area contributed by atoms with Crippen molar-refractivity contribution in [3.63, 3.8) is 0 Å². The number of aromatic amines is 1.